The SMILES string of the molecule is CCOc1cc(/C=C2/C(=N)N3N=C(C)SC3=NC2=O)cc(Cl)c1OCCOc1ccc(C)cc1C.Cl. The summed E-state index contributed by atoms with van der Waals surface area (Å²) in [7, 11) is 0. The van der Waals surface area contributed by atoms with Crippen LogP contribution < -0.4 is 14.2 Å². The lowest BCUT2D eigenvalue weighted by Crippen LogP contribution is -2.35. The fourth-order valence-corrected chi connectivity index (χ4v) is 4.59. The summed E-state index contributed by atoms with van der Waals surface area (Å²) in [6.07, 6.45) is 1.56. The summed E-state index contributed by atoms with van der Waals surface area (Å²) >= 11 is 7.79. The quantitative estimate of drug-likeness (QED) is 0.327. The van der Waals surface area contributed by atoms with E-state index in [0.29, 0.717) is 45.5 Å². The number of nitrogens with one attached hydrogen (secondary N) is 1. The van der Waals surface area contributed by atoms with Crippen LogP contribution in [0.2, 0.25) is 5.02 Å². The standard InChI is InChI=1S/C25H25ClN4O4S.ClH/c1-5-32-21-13-17(11-18-23(27)30-25(28-24(18)31)35-16(4)29-30)12-19(26)22(21)34-9-8-33-20-7-6-14(2)10-15(20)3;/h6-7,10-13,27H,5,8-9H2,1-4H3;1H/b18-11-,27-23?;. The highest BCUT2D eigenvalue weighted by Crippen LogP contribution is 2.38. The van der Waals surface area contributed by atoms with Crippen molar-refractivity contribution in [2.45, 2.75) is 27.7 Å². The molecule has 0 spiro atoms. The van der Waals surface area contributed by atoms with Gasteiger partial charge >= 0.3 is 0 Å². The zero-order valence-electron chi connectivity index (χ0n) is 20.3. The number of hydrazone groups is 1. The van der Waals surface area contributed by atoms with Gasteiger partial charge in [0, 0.05) is 0 Å². The summed E-state index contributed by atoms with van der Waals surface area (Å²) in [5, 5.41) is 15.4. The maximum atomic E-state index is 12.6. The molecule has 2 aliphatic rings. The van der Waals surface area contributed by atoms with Gasteiger partial charge in [0.2, 0.25) is 5.17 Å². The van der Waals surface area contributed by atoms with Crippen molar-refractivity contribution < 1.29 is 19.0 Å². The summed E-state index contributed by atoms with van der Waals surface area (Å²) < 4.78 is 17.5. The highest BCUT2D eigenvalue weighted by molar-refractivity contribution is 8.26. The van der Waals surface area contributed by atoms with Gasteiger partial charge in [-0.3, -0.25) is 10.2 Å². The van der Waals surface area contributed by atoms with Crippen molar-refractivity contribution in [3.63, 3.8) is 0 Å². The Labute approximate surface area is 225 Å². The van der Waals surface area contributed by atoms with Gasteiger partial charge < -0.3 is 14.2 Å². The molecule has 0 radical (unpaired) electrons. The molecule has 0 bridgehead atoms. The van der Waals surface area contributed by atoms with Crippen molar-refractivity contribution in [2.24, 2.45) is 10.1 Å². The van der Waals surface area contributed by atoms with Gasteiger partial charge in [0.05, 0.1) is 22.2 Å². The number of benzene rings is 2. The molecule has 8 nitrogen and oxygen atoms in total. The predicted octanol–water partition coefficient (Wildman–Crippen LogP) is 5.87. The van der Waals surface area contributed by atoms with E-state index in [9.17, 15) is 4.79 Å². The molecular formula is C25H26Cl2N4O4S. The fraction of sp³-hybridized carbons (Fsp3) is 0.280. The van der Waals surface area contributed by atoms with E-state index in [4.69, 9.17) is 31.2 Å². The minimum absolute atomic E-state index is 0. The molecule has 11 heteroatoms. The number of fused-ring (bicyclic) bond motifs is 1. The number of amidine groups is 2. The Kier molecular flexibility index (Phi) is 9.05. The molecule has 4 rings (SSSR count). The van der Waals surface area contributed by atoms with Gasteiger partial charge in [-0.25, -0.2) is 0 Å². The first-order chi connectivity index (χ1) is 16.8. The summed E-state index contributed by atoms with van der Waals surface area (Å²) in [6.45, 7) is 8.68. The summed E-state index contributed by atoms with van der Waals surface area (Å²) in [4.78, 5) is 16.6. The number of halogens is 2. The van der Waals surface area contributed by atoms with Crippen LogP contribution >= 0.6 is 35.8 Å². The van der Waals surface area contributed by atoms with E-state index in [-0.39, 0.29) is 30.4 Å². The molecule has 0 saturated carbocycles. The predicted molar refractivity (Wildman–Crippen MR) is 147 cm³/mol. The Hall–Kier alpha value is -3.01. The zero-order chi connectivity index (χ0) is 25.1. The lowest BCUT2D eigenvalue weighted by atomic mass is 10.1. The van der Waals surface area contributed by atoms with Gasteiger partial charge in [-0.15, -0.1) is 12.4 Å². The third-order valence-electron chi connectivity index (χ3n) is 5.12. The second-order valence-corrected chi connectivity index (χ2v) is 9.44. The summed E-state index contributed by atoms with van der Waals surface area (Å²) in [5.41, 5.74) is 2.93. The first-order valence-electron chi connectivity index (χ1n) is 11.0. The molecule has 0 aromatic heterocycles. The number of aliphatic imine (C=N–C) groups is 1. The molecule has 190 valence electrons. The van der Waals surface area contributed by atoms with Gasteiger partial charge in [-0.05, 0) is 74.9 Å². The third-order valence-corrected chi connectivity index (χ3v) is 6.22. The van der Waals surface area contributed by atoms with Gasteiger partial charge in [0.15, 0.2) is 17.3 Å². The molecule has 0 saturated heterocycles. The van der Waals surface area contributed by atoms with Gasteiger partial charge in [0.1, 0.15) is 19.0 Å². The molecular weight excluding hydrogens is 523 g/mol. The van der Waals surface area contributed by atoms with Gasteiger partial charge in [-0.1, -0.05) is 29.3 Å². The maximum absolute atomic E-state index is 12.6. The van der Waals surface area contributed by atoms with Crippen LogP contribution in [0.4, 0.5) is 0 Å². The lowest BCUT2D eigenvalue weighted by molar-refractivity contribution is -0.114. The van der Waals surface area contributed by atoms with Crippen LogP contribution in [0.25, 0.3) is 6.08 Å². The highest BCUT2D eigenvalue weighted by atomic mass is 35.5. The smallest absolute Gasteiger partial charge is 0.283 e. The lowest BCUT2D eigenvalue weighted by Gasteiger charge is -2.20. The molecule has 0 fully saturated rings. The maximum Gasteiger partial charge on any atom is 0.283 e. The fourth-order valence-electron chi connectivity index (χ4n) is 3.59. The summed E-state index contributed by atoms with van der Waals surface area (Å²) in [5.74, 6) is 1.09. The van der Waals surface area contributed by atoms with Crippen molar-refractivity contribution in [3.8, 4) is 17.2 Å². The molecule has 0 aliphatic carbocycles. The second kappa shape index (κ2) is 11.8. The van der Waals surface area contributed by atoms with Crippen LogP contribution in [0.1, 0.15) is 30.5 Å². The van der Waals surface area contributed by atoms with Crippen LogP contribution in [0, 0.1) is 19.3 Å². The van der Waals surface area contributed by atoms with E-state index < -0.39 is 5.91 Å². The van der Waals surface area contributed by atoms with Crippen LogP contribution in [0.5, 0.6) is 17.2 Å². The first kappa shape index (κ1) is 27.6. The Balaban J connectivity index is 0.00000361. The van der Waals surface area contributed by atoms with Crippen LogP contribution in [0.15, 0.2) is 46.0 Å². The summed E-state index contributed by atoms with van der Waals surface area (Å²) in [6, 6.07) is 9.38. The van der Waals surface area contributed by atoms with Gasteiger partial charge in [-0.2, -0.15) is 15.1 Å². The van der Waals surface area contributed by atoms with E-state index in [1.54, 1.807) is 25.1 Å². The van der Waals surface area contributed by atoms with Crippen molar-refractivity contribution in [1.82, 2.24) is 5.01 Å². The number of ether oxygens (including phenoxy) is 3. The van der Waals surface area contributed by atoms with Crippen LogP contribution in [0.3, 0.4) is 0 Å². The minimum Gasteiger partial charge on any atom is -0.490 e. The van der Waals surface area contributed by atoms with Crippen molar-refractivity contribution >= 4 is 63.8 Å². The van der Waals surface area contributed by atoms with Crippen molar-refractivity contribution in [3.05, 3.63) is 57.6 Å². The number of hydrogen-bond acceptors (Lipinski definition) is 7. The number of rotatable bonds is 8. The molecule has 2 aromatic carbocycles. The molecule has 2 aliphatic heterocycles. The second-order valence-electron chi connectivity index (χ2n) is 7.87. The number of amides is 1. The van der Waals surface area contributed by atoms with Gasteiger partial charge in [0.25, 0.3) is 5.91 Å². The molecule has 2 heterocycles. The third kappa shape index (κ3) is 6.03. The molecule has 36 heavy (non-hydrogen) atoms. The highest BCUT2D eigenvalue weighted by Gasteiger charge is 2.34. The first-order valence-corrected chi connectivity index (χ1v) is 12.2. The monoisotopic (exact) mass is 548 g/mol. The van der Waals surface area contributed by atoms with Crippen LogP contribution in [-0.2, 0) is 4.79 Å². The molecule has 0 unspecified atom stereocenters. The molecule has 2 aromatic rings. The van der Waals surface area contributed by atoms with E-state index in [0.717, 1.165) is 11.3 Å². The van der Waals surface area contributed by atoms with Crippen LogP contribution in [-0.4, -0.2) is 46.8 Å². The van der Waals surface area contributed by atoms with E-state index in [1.165, 1.54) is 22.3 Å². The van der Waals surface area contributed by atoms with Crippen molar-refractivity contribution in [1.29, 1.82) is 5.41 Å². The minimum atomic E-state index is -0.503. The largest absolute Gasteiger partial charge is 0.490 e. The topological polar surface area (TPSA) is 96.6 Å². The number of carbonyl (C=O) groups is 1. The average Bonchev–Trinajstić information content (AvgIpc) is 3.17. The molecule has 0 atom stereocenters. The average molecular weight is 549 g/mol. The normalized spacial score (nSPS) is 15.8. The number of carbonyl (C=O) groups excluding carboxylic acids is 1. The Bertz CT molecular complexity index is 1290. The molecule has 1 N–H and O–H groups in total. The van der Waals surface area contributed by atoms with E-state index in [2.05, 4.69) is 16.2 Å². The zero-order valence-corrected chi connectivity index (χ0v) is 22.6. The Morgan fingerprint density at radius 2 is 1.83 bits per heavy atom. The van der Waals surface area contributed by atoms with E-state index >= 15 is 0 Å². The molecule has 1 amide bonds. The van der Waals surface area contributed by atoms with Crippen molar-refractivity contribution in [2.75, 3.05) is 19.8 Å². The Morgan fingerprint density at radius 1 is 1.08 bits per heavy atom. The number of aryl methyl sites for hydroxylation is 2. The Morgan fingerprint density at radius 3 is 2.56 bits per heavy atom. The number of thioether (sulfide) groups is 1. The number of hydrogen-bond donors (Lipinski definition) is 1. The van der Waals surface area contributed by atoms with E-state index in [1.807, 2.05) is 32.9 Å². The number of nitrogens with zero attached hydrogens (tertiary/aromatic N) is 3.